The molecule has 3 aliphatic rings. The topological polar surface area (TPSA) is 118 Å². The third-order valence-corrected chi connectivity index (χ3v) is 10.5. The van der Waals surface area contributed by atoms with Gasteiger partial charge in [0.25, 0.3) is 0 Å². The maximum Gasteiger partial charge on any atom is 0.310 e. The Morgan fingerprint density at radius 3 is 2.92 bits per heavy atom. The number of hydrogen-bond donors (Lipinski definition) is 1. The summed E-state index contributed by atoms with van der Waals surface area (Å²) in [4.78, 5) is 44.0. The SMILES string of the molecule is C=CCN(Cn1nnc2ccccc21)C(=O)C1N(CCO)C(=O)[C@@H]2[C@H](C(=O)OCC)[C@H]3SC12CC3Br. The van der Waals surface area contributed by atoms with Gasteiger partial charge in [0.1, 0.15) is 18.2 Å². The van der Waals surface area contributed by atoms with Crippen LogP contribution in [0.15, 0.2) is 36.9 Å². The van der Waals surface area contributed by atoms with Crippen LogP contribution in [0.25, 0.3) is 11.0 Å². The zero-order valence-corrected chi connectivity index (χ0v) is 22.2. The van der Waals surface area contributed by atoms with Crippen LogP contribution in [0.2, 0.25) is 0 Å². The van der Waals surface area contributed by atoms with Crippen molar-refractivity contribution in [2.75, 3.05) is 26.3 Å². The van der Waals surface area contributed by atoms with Crippen LogP contribution in [-0.4, -0.2) is 94.9 Å². The lowest BCUT2D eigenvalue weighted by Crippen LogP contribution is -2.56. The second-order valence-corrected chi connectivity index (χ2v) is 12.0. The Morgan fingerprint density at radius 1 is 1.42 bits per heavy atom. The second kappa shape index (κ2) is 9.79. The molecule has 1 aromatic heterocycles. The number of likely N-dealkylation sites (tertiary alicyclic amines) is 1. The summed E-state index contributed by atoms with van der Waals surface area (Å²) in [5.41, 5.74) is 1.49. The van der Waals surface area contributed by atoms with Crippen molar-refractivity contribution < 1.29 is 24.2 Å². The van der Waals surface area contributed by atoms with Crippen molar-refractivity contribution in [1.82, 2.24) is 24.8 Å². The number of halogens is 1. The predicted octanol–water partition coefficient (Wildman–Crippen LogP) is 1.42. The number of aliphatic hydroxyl groups is 1. The minimum Gasteiger partial charge on any atom is -0.466 e. The van der Waals surface area contributed by atoms with Crippen molar-refractivity contribution in [3.8, 4) is 0 Å². The van der Waals surface area contributed by atoms with Gasteiger partial charge in [0.15, 0.2) is 0 Å². The molecule has 2 amide bonds. The van der Waals surface area contributed by atoms with E-state index in [1.807, 2.05) is 24.3 Å². The number of fused-ring (bicyclic) bond motifs is 2. The minimum atomic E-state index is -0.841. The van der Waals surface area contributed by atoms with Gasteiger partial charge in [0.05, 0.1) is 35.3 Å². The third kappa shape index (κ3) is 3.76. The molecule has 36 heavy (non-hydrogen) atoms. The normalized spacial score (nSPS) is 30.6. The van der Waals surface area contributed by atoms with E-state index in [1.165, 1.54) is 16.7 Å². The van der Waals surface area contributed by atoms with E-state index in [0.29, 0.717) is 11.9 Å². The number of β-amino-alcohol motifs (C(OH)–C–C–N with tert-alkyl or cyclic N) is 1. The molecule has 1 aromatic carbocycles. The molecule has 3 saturated heterocycles. The van der Waals surface area contributed by atoms with Crippen LogP contribution in [0.1, 0.15) is 13.3 Å². The summed E-state index contributed by atoms with van der Waals surface area (Å²) < 4.78 is 6.19. The maximum atomic E-state index is 14.3. The van der Waals surface area contributed by atoms with Crippen LogP contribution in [0.5, 0.6) is 0 Å². The Kier molecular flexibility index (Phi) is 6.86. The molecular weight excluding hydrogens is 550 g/mol. The van der Waals surface area contributed by atoms with E-state index in [1.54, 1.807) is 22.6 Å². The summed E-state index contributed by atoms with van der Waals surface area (Å²) in [6.45, 7) is 5.85. The van der Waals surface area contributed by atoms with Gasteiger partial charge in [0.2, 0.25) is 11.8 Å². The van der Waals surface area contributed by atoms with E-state index >= 15 is 0 Å². The Morgan fingerprint density at radius 2 is 2.19 bits per heavy atom. The molecule has 3 aliphatic heterocycles. The first-order chi connectivity index (χ1) is 17.4. The Balaban J connectivity index is 1.52. The molecule has 0 saturated carbocycles. The van der Waals surface area contributed by atoms with Crippen molar-refractivity contribution in [3.63, 3.8) is 0 Å². The lowest BCUT2D eigenvalue weighted by molar-refractivity contribution is -0.153. The zero-order chi connectivity index (χ0) is 25.6. The number of nitrogens with zero attached hydrogens (tertiary/aromatic N) is 5. The largest absolute Gasteiger partial charge is 0.466 e. The fourth-order valence-corrected chi connectivity index (χ4v) is 9.59. The molecule has 6 atom stereocenters. The fourth-order valence-electron chi connectivity index (χ4n) is 5.99. The molecule has 10 nitrogen and oxygen atoms in total. The highest BCUT2D eigenvalue weighted by Gasteiger charge is 2.76. The molecule has 12 heteroatoms. The molecule has 192 valence electrons. The first kappa shape index (κ1) is 25.2. The van der Waals surface area contributed by atoms with Gasteiger partial charge in [-0.2, -0.15) is 0 Å². The van der Waals surface area contributed by atoms with Crippen LogP contribution < -0.4 is 0 Å². The summed E-state index contributed by atoms with van der Waals surface area (Å²) in [6.07, 6.45) is 2.19. The maximum absolute atomic E-state index is 14.3. The zero-order valence-electron chi connectivity index (χ0n) is 19.8. The number of thioether (sulfide) groups is 1. The molecule has 4 heterocycles. The molecular formula is C24H28BrN5O5S. The number of esters is 1. The van der Waals surface area contributed by atoms with E-state index in [0.717, 1.165) is 5.52 Å². The molecule has 2 bridgehead atoms. The summed E-state index contributed by atoms with van der Waals surface area (Å²) in [5, 5.41) is 18.0. The van der Waals surface area contributed by atoms with Gasteiger partial charge < -0.3 is 19.6 Å². The highest BCUT2D eigenvalue weighted by molar-refractivity contribution is 9.09. The molecule has 3 fully saturated rings. The quantitative estimate of drug-likeness (QED) is 0.270. The Labute approximate surface area is 221 Å². The predicted molar refractivity (Wildman–Crippen MR) is 137 cm³/mol. The summed E-state index contributed by atoms with van der Waals surface area (Å²) in [5.74, 6) is -2.28. The average Bonchev–Trinajstić information content (AvgIpc) is 3.57. The smallest absolute Gasteiger partial charge is 0.310 e. The van der Waals surface area contributed by atoms with Gasteiger partial charge in [-0.15, -0.1) is 23.4 Å². The number of carbonyl (C=O) groups is 3. The number of ether oxygens (including phenoxy) is 1. The number of para-hydroxylation sites is 1. The van der Waals surface area contributed by atoms with Crippen molar-refractivity contribution >= 4 is 56.5 Å². The van der Waals surface area contributed by atoms with Gasteiger partial charge in [-0.3, -0.25) is 14.4 Å². The number of aliphatic hydroxyl groups excluding tert-OH is 1. The van der Waals surface area contributed by atoms with E-state index in [-0.39, 0.29) is 54.9 Å². The number of hydrogen-bond acceptors (Lipinski definition) is 8. The molecule has 2 aromatic rings. The van der Waals surface area contributed by atoms with E-state index in [9.17, 15) is 19.5 Å². The van der Waals surface area contributed by atoms with Crippen molar-refractivity contribution in [2.24, 2.45) is 11.8 Å². The summed E-state index contributed by atoms with van der Waals surface area (Å²) in [7, 11) is 0. The molecule has 0 radical (unpaired) electrons. The van der Waals surface area contributed by atoms with Gasteiger partial charge >= 0.3 is 5.97 Å². The first-order valence-electron chi connectivity index (χ1n) is 12.0. The lowest BCUT2D eigenvalue weighted by Gasteiger charge is -2.37. The van der Waals surface area contributed by atoms with Crippen LogP contribution in [0.3, 0.4) is 0 Å². The average molecular weight is 578 g/mol. The second-order valence-electron chi connectivity index (χ2n) is 9.24. The van der Waals surface area contributed by atoms with Crippen molar-refractivity contribution in [3.05, 3.63) is 36.9 Å². The van der Waals surface area contributed by atoms with Crippen LogP contribution >= 0.6 is 27.7 Å². The van der Waals surface area contributed by atoms with Gasteiger partial charge in [-0.25, -0.2) is 4.68 Å². The van der Waals surface area contributed by atoms with E-state index in [4.69, 9.17) is 4.74 Å². The van der Waals surface area contributed by atoms with Gasteiger partial charge in [0, 0.05) is 23.2 Å². The standard InChI is InChI=1S/C24H28BrN5O5S/c1-3-9-28(13-30-16-8-6-5-7-15(16)26-27-30)22(33)20-24-12-14(25)19(36-24)17(23(34)35-4-2)18(24)21(32)29(20)10-11-31/h3,5-8,14,17-20,31H,1,4,9-13H2,2H3/t14?,17-,18-,19-,20?,24?/m0/s1. The number of rotatable bonds is 9. The number of alkyl halides is 1. The summed E-state index contributed by atoms with van der Waals surface area (Å²) in [6, 6.07) is 6.63. The number of carbonyl (C=O) groups excluding carboxylic acids is 3. The highest BCUT2D eigenvalue weighted by atomic mass is 79.9. The molecule has 3 unspecified atom stereocenters. The Hall–Kier alpha value is -2.44. The monoisotopic (exact) mass is 577 g/mol. The minimum absolute atomic E-state index is 0.00933. The molecule has 0 aliphatic carbocycles. The summed E-state index contributed by atoms with van der Waals surface area (Å²) >= 11 is 5.25. The van der Waals surface area contributed by atoms with Gasteiger partial charge in [-0.1, -0.05) is 39.4 Å². The third-order valence-electron chi connectivity index (χ3n) is 7.31. The fraction of sp³-hybridized carbons (Fsp3) is 0.542. The van der Waals surface area contributed by atoms with Crippen molar-refractivity contribution in [1.29, 1.82) is 0 Å². The van der Waals surface area contributed by atoms with E-state index in [2.05, 4.69) is 32.8 Å². The molecule has 1 spiro atoms. The van der Waals surface area contributed by atoms with Crippen molar-refractivity contribution in [2.45, 2.75) is 40.9 Å². The number of aromatic nitrogens is 3. The van der Waals surface area contributed by atoms with Gasteiger partial charge in [-0.05, 0) is 25.5 Å². The van der Waals surface area contributed by atoms with Crippen LogP contribution in [0.4, 0.5) is 0 Å². The number of amides is 2. The van der Waals surface area contributed by atoms with Crippen LogP contribution in [-0.2, 0) is 25.8 Å². The van der Waals surface area contributed by atoms with E-state index < -0.39 is 28.6 Å². The Bertz CT molecular complexity index is 1210. The number of benzene rings is 1. The lowest BCUT2D eigenvalue weighted by atomic mass is 9.71. The highest BCUT2D eigenvalue weighted by Crippen LogP contribution is 2.68. The van der Waals surface area contributed by atoms with Crippen LogP contribution in [0, 0.1) is 11.8 Å². The molecule has 5 rings (SSSR count). The molecule has 1 N–H and O–H groups in total. The first-order valence-corrected chi connectivity index (χ1v) is 13.7.